The highest BCUT2D eigenvalue weighted by atomic mass is 16.5. The number of hydrogen-bond acceptors (Lipinski definition) is 4. The molecule has 0 saturated heterocycles. The summed E-state index contributed by atoms with van der Waals surface area (Å²) in [5.74, 6) is -0.362. The summed E-state index contributed by atoms with van der Waals surface area (Å²) in [6.07, 6.45) is 0. The minimum absolute atomic E-state index is 0.350. The number of nitrogens with two attached hydrogens (primary N) is 1. The SMILES string of the molecule is CCOC(=O)C(C)(N)CN(CC)c1ccccc1. The van der Waals surface area contributed by atoms with E-state index in [0.29, 0.717) is 13.2 Å². The highest BCUT2D eigenvalue weighted by molar-refractivity contribution is 5.81. The molecule has 0 saturated carbocycles. The molecule has 0 heterocycles. The lowest BCUT2D eigenvalue weighted by atomic mass is 10.0. The smallest absolute Gasteiger partial charge is 0.327 e. The second kappa shape index (κ2) is 6.40. The summed E-state index contributed by atoms with van der Waals surface area (Å²) in [7, 11) is 0. The van der Waals surface area contributed by atoms with Crippen LogP contribution in [0.15, 0.2) is 30.3 Å². The standard InChI is InChI=1S/C14H22N2O2/c1-4-16(12-9-7-6-8-10-12)11-14(3,15)13(17)18-5-2/h6-10H,4-5,11,15H2,1-3H3. The Balaban J connectivity index is 2.77. The Bertz CT molecular complexity index is 377. The van der Waals surface area contributed by atoms with Crippen molar-refractivity contribution in [2.75, 3.05) is 24.6 Å². The third-order valence-corrected chi connectivity index (χ3v) is 2.76. The number of para-hydroxylation sites is 1. The normalized spacial score (nSPS) is 13.8. The van der Waals surface area contributed by atoms with Gasteiger partial charge in [-0.05, 0) is 32.9 Å². The van der Waals surface area contributed by atoms with Crippen LogP contribution in [0.5, 0.6) is 0 Å². The molecule has 2 N–H and O–H groups in total. The van der Waals surface area contributed by atoms with Crippen LogP contribution in [0.25, 0.3) is 0 Å². The van der Waals surface area contributed by atoms with Gasteiger partial charge in [0.1, 0.15) is 5.54 Å². The first-order valence-electron chi connectivity index (χ1n) is 6.27. The van der Waals surface area contributed by atoms with Crippen molar-refractivity contribution in [2.24, 2.45) is 5.73 Å². The third kappa shape index (κ3) is 3.74. The number of rotatable bonds is 6. The van der Waals surface area contributed by atoms with Crippen LogP contribution in [0.3, 0.4) is 0 Å². The average molecular weight is 250 g/mol. The van der Waals surface area contributed by atoms with Gasteiger partial charge < -0.3 is 15.4 Å². The molecule has 0 spiro atoms. The lowest BCUT2D eigenvalue weighted by molar-refractivity contribution is -0.148. The number of carbonyl (C=O) groups is 1. The first-order chi connectivity index (χ1) is 8.51. The van der Waals surface area contributed by atoms with E-state index in [2.05, 4.69) is 4.90 Å². The monoisotopic (exact) mass is 250 g/mol. The van der Waals surface area contributed by atoms with Crippen LogP contribution >= 0.6 is 0 Å². The Kier molecular flexibility index (Phi) is 5.16. The van der Waals surface area contributed by atoms with E-state index in [9.17, 15) is 4.79 Å². The van der Waals surface area contributed by atoms with E-state index in [1.165, 1.54) is 0 Å². The largest absolute Gasteiger partial charge is 0.465 e. The van der Waals surface area contributed by atoms with Gasteiger partial charge >= 0.3 is 5.97 Å². The van der Waals surface area contributed by atoms with Gasteiger partial charge in [0.15, 0.2) is 0 Å². The van der Waals surface area contributed by atoms with E-state index in [0.717, 1.165) is 12.2 Å². The van der Waals surface area contributed by atoms with Crippen LogP contribution in [-0.2, 0) is 9.53 Å². The Morgan fingerprint density at radius 1 is 1.33 bits per heavy atom. The first-order valence-corrected chi connectivity index (χ1v) is 6.27. The van der Waals surface area contributed by atoms with Crippen molar-refractivity contribution in [3.05, 3.63) is 30.3 Å². The number of anilines is 1. The molecule has 1 aromatic rings. The van der Waals surface area contributed by atoms with E-state index >= 15 is 0 Å². The minimum atomic E-state index is -0.998. The molecule has 1 unspecified atom stereocenters. The zero-order chi connectivity index (χ0) is 13.6. The molecule has 0 aliphatic carbocycles. The highest BCUT2D eigenvalue weighted by Gasteiger charge is 2.32. The number of likely N-dealkylation sites (N-methyl/N-ethyl adjacent to an activating group) is 1. The lowest BCUT2D eigenvalue weighted by Gasteiger charge is -2.31. The minimum Gasteiger partial charge on any atom is -0.465 e. The predicted molar refractivity (Wildman–Crippen MR) is 73.6 cm³/mol. The molecule has 1 atom stereocenters. The summed E-state index contributed by atoms with van der Waals surface area (Å²) >= 11 is 0. The van der Waals surface area contributed by atoms with Gasteiger partial charge in [-0.2, -0.15) is 0 Å². The summed E-state index contributed by atoms with van der Waals surface area (Å²) in [6.45, 7) is 7.10. The van der Waals surface area contributed by atoms with Gasteiger partial charge in [0.25, 0.3) is 0 Å². The van der Waals surface area contributed by atoms with Crippen molar-refractivity contribution < 1.29 is 9.53 Å². The zero-order valence-corrected chi connectivity index (χ0v) is 11.3. The fraction of sp³-hybridized carbons (Fsp3) is 0.500. The molecule has 0 aliphatic heterocycles. The molecule has 0 bridgehead atoms. The maximum atomic E-state index is 11.8. The molecular formula is C14H22N2O2. The fourth-order valence-corrected chi connectivity index (χ4v) is 1.78. The van der Waals surface area contributed by atoms with E-state index in [-0.39, 0.29) is 5.97 Å². The Morgan fingerprint density at radius 3 is 2.44 bits per heavy atom. The third-order valence-electron chi connectivity index (χ3n) is 2.76. The number of ether oxygens (including phenoxy) is 1. The van der Waals surface area contributed by atoms with Crippen LogP contribution in [0.2, 0.25) is 0 Å². The maximum Gasteiger partial charge on any atom is 0.327 e. The van der Waals surface area contributed by atoms with Gasteiger partial charge in [-0.3, -0.25) is 0 Å². The van der Waals surface area contributed by atoms with E-state index in [4.69, 9.17) is 10.5 Å². The van der Waals surface area contributed by atoms with Crippen molar-refractivity contribution in [3.63, 3.8) is 0 Å². The van der Waals surface area contributed by atoms with Gasteiger partial charge in [0.05, 0.1) is 6.61 Å². The molecule has 0 radical (unpaired) electrons. The predicted octanol–water partition coefficient (Wildman–Crippen LogP) is 1.79. The van der Waals surface area contributed by atoms with Crippen LogP contribution in [0.1, 0.15) is 20.8 Å². The van der Waals surface area contributed by atoms with Crippen LogP contribution < -0.4 is 10.6 Å². The van der Waals surface area contributed by atoms with E-state index in [1.807, 2.05) is 37.3 Å². The lowest BCUT2D eigenvalue weighted by Crippen LogP contribution is -2.54. The molecule has 0 amide bonds. The van der Waals surface area contributed by atoms with Gasteiger partial charge in [0, 0.05) is 18.8 Å². The highest BCUT2D eigenvalue weighted by Crippen LogP contribution is 2.16. The summed E-state index contributed by atoms with van der Waals surface area (Å²) < 4.78 is 5.00. The summed E-state index contributed by atoms with van der Waals surface area (Å²) in [4.78, 5) is 13.8. The molecule has 1 aromatic carbocycles. The number of esters is 1. The topological polar surface area (TPSA) is 55.6 Å². The van der Waals surface area contributed by atoms with Crippen LogP contribution in [0.4, 0.5) is 5.69 Å². The fourth-order valence-electron chi connectivity index (χ4n) is 1.78. The van der Waals surface area contributed by atoms with Crippen molar-refractivity contribution in [3.8, 4) is 0 Å². The van der Waals surface area contributed by atoms with Crippen molar-refractivity contribution in [2.45, 2.75) is 26.3 Å². The van der Waals surface area contributed by atoms with Crippen LogP contribution in [-0.4, -0.2) is 31.2 Å². The summed E-state index contributed by atoms with van der Waals surface area (Å²) in [5, 5.41) is 0. The second-order valence-corrected chi connectivity index (χ2v) is 4.49. The van der Waals surface area contributed by atoms with Crippen molar-refractivity contribution in [1.29, 1.82) is 0 Å². The van der Waals surface area contributed by atoms with E-state index in [1.54, 1.807) is 13.8 Å². The second-order valence-electron chi connectivity index (χ2n) is 4.49. The van der Waals surface area contributed by atoms with E-state index < -0.39 is 5.54 Å². The number of benzene rings is 1. The van der Waals surface area contributed by atoms with Gasteiger partial charge in [-0.25, -0.2) is 4.79 Å². The van der Waals surface area contributed by atoms with Crippen molar-refractivity contribution in [1.82, 2.24) is 0 Å². The van der Waals surface area contributed by atoms with Gasteiger partial charge in [-0.1, -0.05) is 18.2 Å². The number of nitrogens with zero attached hydrogens (tertiary/aromatic N) is 1. The Hall–Kier alpha value is -1.55. The number of hydrogen-bond donors (Lipinski definition) is 1. The quantitative estimate of drug-likeness (QED) is 0.782. The number of carbonyl (C=O) groups excluding carboxylic acids is 1. The molecule has 100 valence electrons. The Labute approximate surface area is 109 Å². The molecule has 4 nitrogen and oxygen atoms in total. The molecule has 0 fully saturated rings. The van der Waals surface area contributed by atoms with Gasteiger partial charge in [0.2, 0.25) is 0 Å². The average Bonchev–Trinajstić information content (AvgIpc) is 2.37. The van der Waals surface area contributed by atoms with Crippen LogP contribution in [0, 0.1) is 0 Å². The van der Waals surface area contributed by atoms with Gasteiger partial charge in [-0.15, -0.1) is 0 Å². The molecule has 0 aromatic heterocycles. The molecule has 18 heavy (non-hydrogen) atoms. The van der Waals surface area contributed by atoms with Crippen molar-refractivity contribution >= 4 is 11.7 Å². The Morgan fingerprint density at radius 2 is 1.94 bits per heavy atom. The maximum absolute atomic E-state index is 11.8. The first kappa shape index (κ1) is 14.5. The molecule has 1 rings (SSSR count). The molecule has 4 heteroatoms. The summed E-state index contributed by atoms with van der Waals surface area (Å²) in [5.41, 5.74) is 6.10. The summed E-state index contributed by atoms with van der Waals surface area (Å²) in [6, 6.07) is 9.91. The zero-order valence-electron chi connectivity index (χ0n) is 11.3. The molecule has 0 aliphatic rings. The molecular weight excluding hydrogens is 228 g/mol.